The second-order valence-electron chi connectivity index (χ2n) is 9.12. The van der Waals surface area contributed by atoms with E-state index in [1.54, 1.807) is 32.7 Å². The fraction of sp³-hybridized carbons (Fsp3) is 0.591. The van der Waals surface area contributed by atoms with E-state index in [0.29, 0.717) is 13.1 Å². The normalized spacial score (nSPS) is 11.5. The van der Waals surface area contributed by atoms with Gasteiger partial charge in [0.2, 0.25) is 5.96 Å². The number of anilines is 1. The van der Waals surface area contributed by atoms with Crippen LogP contribution in [-0.4, -0.2) is 47.8 Å². The van der Waals surface area contributed by atoms with Gasteiger partial charge in [0.15, 0.2) is 0 Å². The Bertz CT molecular complexity index is 778. The van der Waals surface area contributed by atoms with Gasteiger partial charge in [-0.25, -0.2) is 9.59 Å². The molecule has 1 aromatic rings. The highest BCUT2D eigenvalue weighted by Crippen LogP contribution is 2.24. The molecule has 8 heteroatoms. The second-order valence-corrected chi connectivity index (χ2v) is 9.12. The smallest absolute Gasteiger partial charge is 0.414 e. The molecular formula is C22H36N4O4. The number of carbonyl (C=O) groups is 2. The monoisotopic (exact) mass is 420 g/mol. The lowest BCUT2D eigenvalue weighted by atomic mass is 10.1. The van der Waals surface area contributed by atoms with Crippen LogP contribution in [-0.2, 0) is 16.0 Å². The van der Waals surface area contributed by atoms with Crippen molar-refractivity contribution >= 4 is 23.8 Å². The molecule has 1 rings (SSSR count). The highest BCUT2D eigenvalue weighted by atomic mass is 16.6. The maximum absolute atomic E-state index is 12.3. The average Bonchev–Trinajstić information content (AvgIpc) is 2.55. The van der Waals surface area contributed by atoms with Crippen molar-refractivity contribution in [2.24, 2.45) is 0 Å². The van der Waals surface area contributed by atoms with E-state index in [2.05, 4.69) is 5.32 Å². The lowest BCUT2D eigenvalue weighted by Gasteiger charge is -2.28. The highest BCUT2D eigenvalue weighted by molar-refractivity contribution is 6.02. The third-order valence-electron chi connectivity index (χ3n) is 4.03. The Labute approximate surface area is 180 Å². The third-order valence-corrected chi connectivity index (χ3v) is 4.03. The van der Waals surface area contributed by atoms with Crippen molar-refractivity contribution in [2.45, 2.75) is 73.1 Å². The summed E-state index contributed by atoms with van der Waals surface area (Å²) in [5.74, 6) is -0.0764. The van der Waals surface area contributed by atoms with E-state index >= 15 is 0 Å². The van der Waals surface area contributed by atoms with E-state index in [4.69, 9.17) is 14.9 Å². The molecule has 2 amide bonds. The van der Waals surface area contributed by atoms with E-state index in [-0.39, 0.29) is 5.96 Å². The molecule has 0 aliphatic heterocycles. The van der Waals surface area contributed by atoms with Gasteiger partial charge in [0.05, 0.1) is 0 Å². The molecule has 0 unspecified atom stereocenters. The highest BCUT2D eigenvalue weighted by Gasteiger charge is 2.23. The van der Waals surface area contributed by atoms with Crippen molar-refractivity contribution in [1.82, 2.24) is 10.2 Å². The summed E-state index contributed by atoms with van der Waals surface area (Å²) < 4.78 is 10.6. The molecule has 0 spiro atoms. The average molecular weight is 421 g/mol. The number of hydrogen-bond donors (Lipinski definition) is 2. The predicted octanol–water partition coefficient (Wildman–Crippen LogP) is 4.65. The van der Waals surface area contributed by atoms with Gasteiger partial charge in [-0.2, -0.15) is 0 Å². The third kappa shape index (κ3) is 7.93. The number of rotatable bonds is 4. The van der Waals surface area contributed by atoms with Crippen LogP contribution < -0.4 is 10.2 Å². The van der Waals surface area contributed by atoms with Crippen LogP contribution in [0.3, 0.4) is 0 Å². The van der Waals surface area contributed by atoms with Gasteiger partial charge in [-0.1, -0.05) is 12.1 Å². The van der Waals surface area contributed by atoms with Gasteiger partial charge in [-0.15, -0.1) is 0 Å². The number of ether oxygens (including phenoxy) is 2. The summed E-state index contributed by atoms with van der Waals surface area (Å²) >= 11 is 0. The Balaban J connectivity index is 3.00. The molecule has 0 bridgehead atoms. The SMILES string of the molecule is CCN(C(=N)NC(=O)OC(C)(C)C)c1cccc(CN(C)C(=O)OC(C)(C)C)c1C. The first-order chi connectivity index (χ1) is 13.6. The number of nitrogens with one attached hydrogen (secondary N) is 2. The molecule has 0 heterocycles. The van der Waals surface area contributed by atoms with Gasteiger partial charge in [0, 0.05) is 25.8 Å². The second kappa shape index (κ2) is 9.82. The van der Waals surface area contributed by atoms with E-state index in [0.717, 1.165) is 16.8 Å². The Hall–Kier alpha value is -2.77. The van der Waals surface area contributed by atoms with Crippen LogP contribution in [0.15, 0.2) is 18.2 Å². The maximum atomic E-state index is 12.3. The first-order valence-corrected chi connectivity index (χ1v) is 10.0. The first kappa shape index (κ1) is 25.3. The number of nitrogens with zero attached hydrogens (tertiary/aromatic N) is 2. The molecule has 0 radical (unpaired) electrons. The summed E-state index contributed by atoms with van der Waals surface area (Å²) in [5, 5.41) is 10.8. The Morgan fingerprint density at radius 3 is 2.13 bits per heavy atom. The summed E-state index contributed by atoms with van der Waals surface area (Å²) in [6, 6.07) is 5.67. The minimum Gasteiger partial charge on any atom is -0.444 e. The van der Waals surface area contributed by atoms with Crippen LogP contribution in [0.2, 0.25) is 0 Å². The van der Waals surface area contributed by atoms with Gasteiger partial charge >= 0.3 is 12.2 Å². The molecule has 2 N–H and O–H groups in total. The van der Waals surface area contributed by atoms with Gasteiger partial charge in [-0.3, -0.25) is 10.7 Å². The molecule has 0 saturated carbocycles. The van der Waals surface area contributed by atoms with E-state index in [1.807, 2.05) is 52.8 Å². The molecule has 168 valence electrons. The quantitative estimate of drug-likeness (QED) is 0.546. The lowest BCUT2D eigenvalue weighted by molar-refractivity contribution is 0.0284. The molecule has 0 aromatic heterocycles. The molecule has 1 aromatic carbocycles. The summed E-state index contributed by atoms with van der Waals surface area (Å²) in [6.07, 6.45) is -1.08. The van der Waals surface area contributed by atoms with Gasteiger partial charge in [-0.05, 0) is 72.6 Å². The molecule has 8 nitrogen and oxygen atoms in total. The summed E-state index contributed by atoms with van der Waals surface area (Å²) in [4.78, 5) is 27.5. The molecular weight excluding hydrogens is 384 g/mol. The fourth-order valence-corrected chi connectivity index (χ4v) is 2.71. The van der Waals surface area contributed by atoms with Crippen LogP contribution in [0.1, 0.15) is 59.6 Å². The van der Waals surface area contributed by atoms with Crippen LogP contribution in [0.5, 0.6) is 0 Å². The van der Waals surface area contributed by atoms with Crippen LogP contribution >= 0.6 is 0 Å². The van der Waals surface area contributed by atoms with Gasteiger partial charge in [0.1, 0.15) is 11.2 Å². The zero-order valence-electron chi connectivity index (χ0n) is 19.7. The van der Waals surface area contributed by atoms with Gasteiger partial charge < -0.3 is 19.3 Å². The standard InChI is InChI=1S/C22H36N4O4/c1-10-26(18(23)24-19(27)29-21(3,4)5)17-13-11-12-16(15(17)2)14-25(9)20(28)30-22(6,7)8/h11-13H,10,14H2,1-9H3,(H2,23,24,27). The van der Waals surface area contributed by atoms with E-state index in [9.17, 15) is 9.59 Å². The number of carbonyl (C=O) groups excluding carboxylic acids is 2. The van der Waals surface area contributed by atoms with Crippen molar-refractivity contribution in [3.63, 3.8) is 0 Å². The molecule has 0 aliphatic rings. The van der Waals surface area contributed by atoms with E-state index < -0.39 is 23.4 Å². The Morgan fingerprint density at radius 1 is 1.07 bits per heavy atom. The first-order valence-electron chi connectivity index (χ1n) is 10.0. The molecule has 0 fully saturated rings. The number of guanidine groups is 1. The molecule has 0 aliphatic carbocycles. The lowest BCUT2D eigenvalue weighted by Crippen LogP contribution is -2.45. The van der Waals surface area contributed by atoms with Gasteiger partial charge in [0.25, 0.3) is 0 Å². The zero-order chi connectivity index (χ0) is 23.3. The van der Waals surface area contributed by atoms with E-state index in [1.165, 1.54) is 4.90 Å². The number of benzene rings is 1. The van der Waals surface area contributed by atoms with Crippen molar-refractivity contribution in [1.29, 1.82) is 5.41 Å². The molecule has 0 atom stereocenters. The van der Waals surface area contributed by atoms with Crippen molar-refractivity contribution in [3.05, 3.63) is 29.3 Å². The van der Waals surface area contributed by atoms with Crippen LogP contribution in [0.25, 0.3) is 0 Å². The van der Waals surface area contributed by atoms with Crippen molar-refractivity contribution in [3.8, 4) is 0 Å². The predicted molar refractivity (Wildman–Crippen MR) is 119 cm³/mol. The number of amides is 2. The number of hydrogen-bond acceptors (Lipinski definition) is 5. The summed E-state index contributed by atoms with van der Waals surface area (Å²) in [6.45, 7) is 15.4. The molecule has 30 heavy (non-hydrogen) atoms. The zero-order valence-corrected chi connectivity index (χ0v) is 19.7. The van der Waals surface area contributed by atoms with Crippen LogP contribution in [0.4, 0.5) is 15.3 Å². The van der Waals surface area contributed by atoms with Crippen molar-refractivity contribution in [2.75, 3.05) is 18.5 Å². The summed E-state index contributed by atoms with van der Waals surface area (Å²) in [5.41, 5.74) is 1.39. The van der Waals surface area contributed by atoms with Crippen LogP contribution in [0, 0.1) is 12.3 Å². The molecule has 0 saturated heterocycles. The maximum Gasteiger partial charge on any atom is 0.414 e. The fourth-order valence-electron chi connectivity index (χ4n) is 2.71. The topological polar surface area (TPSA) is 95.0 Å². The van der Waals surface area contributed by atoms with Crippen molar-refractivity contribution < 1.29 is 19.1 Å². The summed E-state index contributed by atoms with van der Waals surface area (Å²) in [7, 11) is 1.68. The Morgan fingerprint density at radius 2 is 1.63 bits per heavy atom. The minimum atomic E-state index is -0.676. The number of alkyl carbamates (subject to hydrolysis) is 1. The Kier molecular flexibility index (Phi) is 8.27. The minimum absolute atomic E-state index is 0.0764. The largest absolute Gasteiger partial charge is 0.444 e.